The molecule has 0 radical (unpaired) electrons. The third-order valence-electron chi connectivity index (χ3n) is 5.57. The molecular weight excluding hydrogens is 437 g/mol. The zero-order valence-corrected chi connectivity index (χ0v) is 19.2. The Hall–Kier alpha value is -3.52. The Bertz CT molecular complexity index is 1100. The highest BCUT2D eigenvalue weighted by Gasteiger charge is 2.24. The third kappa shape index (κ3) is 6.51. The van der Waals surface area contributed by atoms with Gasteiger partial charge in [-0.25, -0.2) is 4.39 Å². The standard InChI is InChI=1S/C26H30FN3O4/c1-3-12-30(13-4-2)26(33)23-18-29(16-21-9-6-14-34-21)17-22(24(23)31)25(32)28-11-10-19-7-5-8-20(27)15-19/h3-5,7-8,15,17-18,21H,1-2,6,9-14,16H2,(H,28,32)/t21-/m1/s1. The molecule has 2 aromatic rings. The highest BCUT2D eigenvalue weighted by atomic mass is 19.1. The maximum absolute atomic E-state index is 13.4. The molecule has 180 valence electrons. The molecular formula is C26H30FN3O4. The van der Waals surface area contributed by atoms with E-state index in [0.29, 0.717) is 19.6 Å². The normalized spacial score (nSPS) is 15.0. The van der Waals surface area contributed by atoms with Gasteiger partial charge in [-0.05, 0) is 37.0 Å². The number of rotatable bonds is 11. The van der Waals surface area contributed by atoms with Crippen LogP contribution in [0.15, 0.2) is 66.8 Å². The summed E-state index contributed by atoms with van der Waals surface area (Å²) >= 11 is 0. The molecule has 8 heteroatoms. The van der Waals surface area contributed by atoms with Crippen molar-refractivity contribution in [2.75, 3.05) is 26.2 Å². The minimum Gasteiger partial charge on any atom is -0.376 e. The van der Waals surface area contributed by atoms with Crippen LogP contribution in [0.3, 0.4) is 0 Å². The molecule has 0 bridgehead atoms. The number of aromatic nitrogens is 1. The van der Waals surface area contributed by atoms with Crippen LogP contribution in [0.5, 0.6) is 0 Å². The van der Waals surface area contributed by atoms with Crippen LogP contribution in [0.2, 0.25) is 0 Å². The molecule has 0 aliphatic carbocycles. The Kier molecular flexibility index (Phi) is 8.93. The number of hydrogen-bond donors (Lipinski definition) is 1. The molecule has 7 nitrogen and oxygen atoms in total. The fourth-order valence-electron chi connectivity index (χ4n) is 3.90. The zero-order valence-electron chi connectivity index (χ0n) is 19.2. The Morgan fingerprint density at radius 3 is 2.59 bits per heavy atom. The van der Waals surface area contributed by atoms with Crippen molar-refractivity contribution >= 4 is 11.8 Å². The SMILES string of the molecule is C=CCN(CC=C)C(=O)c1cn(C[C@H]2CCCO2)cc(C(=O)NCCc2cccc(F)c2)c1=O. The topological polar surface area (TPSA) is 80.6 Å². The van der Waals surface area contributed by atoms with Crippen molar-refractivity contribution in [1.29, 1.82) is 0 Å². The largest absolute Gasteiger partial charge is 0.376 e. The Labute approximate surface area is 198 Å². The van der Waals surface area contributed by atoms with Crippen molar-refractivity contribution < 1.29 is 18.7 Å². The number of amides is 2. The van der Waals surface area contributed by atoms with Crippen LogP contribution in [0.4, 0.5) is 4.39 Å². The summed E-state index contributed by atoms with van der Waals surface area (Å²) in [6, 6.07) is 6.11. The summed E-state index contributed by atoms with van der Waals surface area (Å²) in [5, 5.41) is 2.71. The Balaban J connectivity index is 1.86. The molecule has 0 spiro atoms. The van der Waals surface area contributed by atoms with Crippen LogP contribution in [0, 0.1) is 5.82 Å². The molecule has 1 N–H and O–H groups in total. The van der Waals surface area contributed by atoms with Gasteiger partial charge in [0.2, 0.25) is 5.43 Å². The van der Waals surface area contributed by atoms with Gasteiger partial charge in [0.05, 0.1) is 6.10 Å². The van der Waals surface area contributed by atoms with E-state index in [1.54, 1.807) is 28.9 Å². The molecule has 34 heavy (non-hydrogen) atoms. The van der Waals surface area contributed by atoms with Crippen LogP contribution in [0.25, 0.3) is 0 Å². The van der Waals surface area contributed by atoms with Gasteiger partial charge in [0.25, 0.3) is 11.8 Å². The van der Waals surface area contributed by atoms with Gasteiger partial charge in [-0.1, -0.05) is 24.3 Å². The smallest absolute Gasteiger partial charge is 0.259 e. The summed E-state index contributed by atoms with van der Waals surface area (Å²) in [5.74, 6) is -1.44. The van der Waals surface area contributed by atoms with Gasteiger partial charge in [0, 0.05) is 45.2 Å². The number of nitrogens with zero attached hydrogens (tertiary/aromatic N) is 2. The molecule has 1 aromatic carbocycles. The fraction of sp³-hybridized carbons (Fsp3) is 0.346. The summed E-state index contributed by atoms with van der Waals surface area (Å²) in [7, 11) is 0. The second-order valence-electron chi connectivity index (χ2n) is 8.17. The number of halogens is 1. The first-order valence-corrected chi connectivity index (χ1v) is 11.3. The molecule has 3 rings (SSSR count). The maximum atomic E-state index is 13.4. The Morgan fingerprint density at radius 2 is 1.94 bits per heavy atom. The minimum absolute atomic E-state index is 0.0493. The maximum Gasteiger partial charge on any atom is 0.259 e. The first-order valence-electron chi connectivity index (χ1n) is 11.3. The number of hydrogen-bond acceptors (Lipinski definition) is 4. The number of carbonyl (C=O) groups excluding carboxylic acids is 2. The first kappa shape index (κ1) is 25.1. The molecule has 1 saturated heterocycles. The molecule has 0 saturated carbocycles. The van der Waals surface area contributed by atoms with Gasteiger partial charge in [0.15, 0.2) is 0 Å². The van der Waals surface area contributed by atoms with Crippen LogP contribution in [-0.4, -0.2) is 53.6 Å². The predicted octanol–water partition coefficient (Wildman–Crippen LogP) is 2.95. The number of carbonyl (C=O) groups is 2. The summed E-state index contributed by atoms with van der Waals surface area (Å²) in [4.78, 5) is 40.7. The lowest BCUT2D eigenvalue weighted by Crippen LogP contribution is -2.38. The van der Waals surface area contributed by atoms with Gasteiger partial charge in [-0.15, -0.1) is 13.2 Å². The predicted molar refractivity (Wildman–Crippen MR) is 128 cm³/mol. The molecule has 1 aromatic heterocycles. The molecule has 1 fully saturated rings. The van der Waals surface area contributed by atoms with E-state index in [-0.39, 0.29) is 42.7 Å². The van der Waals surface area contributed by atoms with E-state index >= 15 is 0 Å². The molecule has 1 aliphatic heterocycles. The summed E-state index contributed by atoms with van der Waals surface area (Å²) in [6.07, 6.45) is 8.23. The van der Waals surface area contributed by atoms with Gasteiger partial charge in [-0.2, -0.15) is 0 Å². The lowest BCUT2D eigenvalue weighted by Gasteiger charge is -2.21. The van der Waals surface area contributed by atoms with Crippen LogP contribution in [0.1, 0.15) is 39.1 Å². The Morgan fingerprint density at radius 1 is 1.21 bits per heavy atom. The average Bonchev–Trinajstić information content (AvgIpc) is 3.32. The molecule has 0 unspecified atom stereocenters. The molecule has 2 heterocycles. The minimum atomic E-state index is -0.644. The second-order valence-corrected chi connectivity index (χ2v) is 8.17. The van der Waals surface area contributed by atoms with Crippen molar-refractivity contribution in [2.24, 2.45) is 0 Å². The van der Waals surface area contributed by atoms with Crippen molar-refractivity contribution in [2.45, 2.75) is 31.9 Å². The number of ether oxygens (including phenoxy) is 1. The average molecular weight is 468 g/mol. The van der Waals surface area contributed by atoms with Gasteiger partial charge in [0.1, 0.15) is 16.9 Å². The highest BCUT2D eigenvalue weighted by Crippen LogP contribution is 2.15. The lowest BCUT2D eigenvalue weighted by molar-refractivity contribution is 0.0785. The molecule has 1 atom stereocenters. The monoisotopic (exact) mass is 467 g/mol. The summed E-state index contributed by atoms with van der Waals surface area (Å²) in [5.41, 5.74) is -0.140. The van der Waals surface area contributed by atoms with Crippen molar-refractivity contribution in [3.8, 4) is 0 Å². The molecule has 2 amide bonds. The number of pyridine rings is 1. The second kappa shape index (κ2) is 12.1. The van der Waals surface area contributed by atoms with Crippen LogP contribution >= 0.6 is 0 Å². The number of benzene rings is 1. The van der Waals surface area contributed by atoms with Crippen molar-refractivity contribution in [3.05, 3.63) is 94.7 Å². The van der Waals surface area contributed by atoms with E-state index in [9.17, 15) is 18.8 Å². The zero-order chi connectivity index (χ0) is 24.5. The molecule has 1 aliphatic rings. The number of nitrogens with one attached hydrogen (secondary N) is 1. The quantitative estimate of drug-likeness (QED) is 0.516. The van der Waals surface area contributed by atoms with E-state index in [0.717, 1.165) is 18.4 Å². The van der Waals surface area contributed by atoms with Crippen LogP contribution < -0.4 is 10.7 Å². The third-order valence-corrected chi connectivity index (χ3v) is 5.57. The van der Waals surface area contributed by atoms with E-state index in [1.807, 2.05) is 0 Å². The van der Waals surface area contributed by atoms with E-state index in [1.165, 1.54) is 29.4 Å². The van der Waals surface area contributed by atoms with Crippen molar-refractivity contribution in [1.82, 2.24) is 14.8 Å². The van der Waals surface area contributed by atoms with E-state index in [2.05, 4.69) is 18.5 Å². The van der Waals surface area contributed by atoms with Crippen molar-refractivity contribution in [3.63, 3.8) is 0 Å². The fourth-order valence-corrected chi connectivity index (χ4v) is 3.90. The van der Waals surface area contributed by atoms with Gasteiger partial charge < -0.3 is 19.5 Å². The highest BCUT2D eigenvalue weighted by molar-refractivity contribution is 5.99. The van der Waals surface area contributed by atoms with E-state index in [4.69, 9.17) is 4.74 Å². The van der Waals surface area contributed by atoms with Gasteiger partial charge in [-0.3, -0.25) is 14.4 Å². The summed E-state index contributed by atoms with van der Waals surface area (Å²) in [6.45, 7) is 9.10. The summed E-state index contributed by atoms with van der Waals surface area (Å²) < 4.78 is 20.7. The van der Waals surface area contributed by atoms with Crippen LogP contribution in [-0.2, 0) is 17.7 Å². The lowest BCUT2D eigenvalue weighted by atomic mass is 10.1. The van der Waals surface area contributed by atoms with E-state index < -0.39 is 17.2 Å². The van der Waals surface area contributed by atoms with Gasteiger partial charge >= 0.3 is 0 Å². The first-order chi connectivity index (χ1) is 16.4.